The fraction of sp³-hybridized carbons (Fsp3) is 0.381. The minimum absolute atomic E-state index is 0.0495. The third-order valence-corrected chi connectivity index (χ3v) is 5.61. The van der Waals surface area contributed by atoms with E-state index in [-0.39, 0.29) is 18.1 Å². The number of hydrogen-bond donors (Lipinski definition) is 0. The van der Waals surface area contributed by atoms with Crippen molar-refractivity contribution in [1.82, 2.24) is 4.90 Å². The van der Waals surface area contributed by atoms with E-state index < -0.39 is 0 Å². The number of rotatable bonds is 4. The molecule has 4 nitrogen and oxygen atoms in total. The number of nitrogens with zero attached hydrogens (tertiary/aromatic N) is 1. The Balaban J connectivity index is 1.64. The number of morpholine rings is 1. The van der Waals surface area contributed by atoms with E-state index in [0.717, 1.165) is 25.8 Å². The van der Waals surface area contributed by atoms with E-state index in [4.69, 9.17) is 9.47 Å². The Morgan fingerprint density at radius 3 is 2.22 bits per heavy atom. The normalized spacial score (nSPS) is 19.8. The van der Waals surface area contributed by atoms with Crippen molar-refractivity contribution in [3.8, 4) is 5.75 Å². The highest BCUT2D eigenvalue weighted by Crippen LogP contribution is 2.35. The van der Waals surface area contributed by atoms with Gasteiger partial charge in [0.15, 0.2) is 0 Å². The lowest BCUT2D eigenvalue weighted by molar-refractivity contribution is -0.0586. The zero-order chi connectivity index (χ0) is 19.6. The first-order valence-electron chi connectivity index (χ1n) is 8.95. The predicted molar refractivity (Wildman–Crippen MR) is 113 cm³/mol. The van der Waals surface area contributed by atoms with Crippen LogP contribution in [-0.2, 0) is 11.3 Å². The van der Waals surface area contributed by atoms with Crippen molar-refractivity contribution in [3.05, 3.63) is 62.0 Å². The largest absolute Gasteiger partial charge is 0.487 e. The maximum Gasteiger partial charge on any atom is 0.254 e. The molecule has 0 spiro atoms. The molecule has 2 aromatic carbocycles. The number of hydrogen-bond acceptors (Lipinski definition) is 3. The number of amides is 1. The van der Waals surface area contributed by atoms with E-state index in [0.29, 0.717) is 25.3 Å². The van der Waals surface area contributed by atoms with Crippen molar-refractivity contribution in [2.45, 2.75) is 39.6 Å². The summed E-state index contributed by atoms with van der Waals surface area (Å²) in [7, 11) is 0. The van der Waals surface area contributed by atoms with Crippen LogP contribution in [0.25, 0.3) is 0 Å². The van der Waals surface area contributed by atoms with Gasteiger partial charge < -0.3 is 14.4 Å². The van der Waals surface area contributed by atoms with Crippen LogP contribution in [0.4, 0.5) is 0 Å². The molecule has 1 aliphatic heterocycles. The predicted octanol–water partition coefficient (Wildman–Crippen LogP) is 5.35. The molecule has 1 aliphatic rings. The van der Waals surface area contributed by atoms with Gasteiger partial charge in [0.05, 0.1) is 21.2 Å². The number of halogens is 2. The Morgan fingerprint density at radius 2 is 1.67 bits per heavy atom. The quantitative estimate of drug-likeness (QED) is 0.572. The Bertz CT molecular complexity index is 790. The molecule has 1 heterocycles. The summed E-state index contributed by atoms with van der Waals surface area (Å²) in [6, 6.07) is 11.7. The summed E-state index contributed by atoms with van der Waals surface area (Å²) in [6.07, 6.45) is 0.133. The molecule has 2 aromatic rings. The summed E-state index contributed by atoms with van der Waals surface area (Å²) in [5.41, 5.74) is 2.85. The van der Waals surface area contributed by atoms with Gasteiger partial charge in [0.1, 0.15) is 12.4 Å². The molecule has 0 unspecified atom stereocenters. The van der Waals surface area contributed by atoms with Crippen LogP contribution in [0.1, 0.15) is 35.3 Å². The zero-order valence-electron chi connectivity index (χ0n) is 15.7. The van der Waals surface area contributed by atoms with Crippen LogP contribution in [-0.4, -0.2) is 36.1 Å². The van der Waals surface area contributed by atoms with Crippen LogP contribution in [0.2, 0.25) is 0 Å². The molecule has 0 aliphatic carbocycles. The average Bonchev–Trinajstić information content (AvgIpc) is 2.60. The highest BCUT2D eigenvalue weighted by Gasteiger charge is 2.26. The third-order valence-electron chi connectivity index (χ3n) is 4.43. The number of aryl methyl sites for hydroxylation is 1. The Hall–Kier alpha value is -1.37. The van der Waals surface area contributed by atoms with Crippen LogP contribution in [0.15, 0.2) is 45.3 Å². The summed E-state index contributed by atoms with van der Waals surface area (Å²) in [5, 5.41) is 0. The molecule has 0 aromatic heterocycles. The molecule has 1 amide bonds. The molecule has 27 heavy (non-hydrogen) atoms. The summed E-state index contributed by atoms with van der Waals surface area (Å²) in [6.45, 7) is 7.72. The number of carbonyl (C=O) groups is 1. The van der Waals surface area contributed by atoms with Gasteiger partial charge in [0.25, 0.3) is 5.91 Å². The molecule has 0 radical (unpaired) electrons. The molecular weight excluding hydrogens is 474 g/mol. The Kier molecular flexibility index (Phi) is 6.61. The second kappa shape index (κ2) is 8.76. The molecule has 0 bridgehead atoms. The van der Waals surface area contributed by atoms with Gasteiger partial charge in [-0.3, -0.25) is 4.79 Å². The summed E-state index contributed by atoms with van der Waals surface area (Å²) >= 11 is 7.08. The number of ether oxygens (including phenoxy) is 2. The lowest BCUT2D eigenvalue weighted by Crippen LogP contribution is -2.48. The smallest absolute Gasteiger partial charge is 0.254 e. The van der Waals surface area contributed by atoms with Crippen LogP contribution < -0.4 is 4.74 Å². The highest BCUT2D eigenvalue weighted by atomic mass is 79.9. The molecule has 0 N–H and O–H groups in total. The highest BCUT2D eigenvalue weighted by molar-refractivity contribution is 9.11. The van der Waals surface area contributed by atoms with Crippen molar-refractivity contribution >= 4 is 37.8 Å². The first kappa shape index (κ1) is 20.4. The minimum Gasteiger partial charge on any atom is -0.487 e. The first-order chi connectivity index (χ1) is 12.8. The summed E-state index contributed by atoms with van der Waals surface area (Å²) in [4.78, 5) is 14.6. The van der Waals surface area contributed by atoms with Crippen molar-refractivity contribution < 1.29 is 14.3 Å². The van der Waals surface area contributed by atoms with E-state index in [1.807, 2.05) is 62.1 Å². The molecule has 2 atom stereocenters. The maximum absolute atomic E-state index is 12.7. The molecule has 1 saturated heterocycles. The molecule has 1 fully saturated rings. The van der Waals surface area contributed by atoms with Gasteiger partial charge in [0, 0.05) is 18.7 Å². The summed E-state index contributed by atoms with van der Waals surface area (Å²) in [5.74, 6) is 0.825. The van der Waals surface area contributed by atoms with E-state index >= 15 is 0 Å². The van der Waals surface area contributed by atoms with Crippen LogP contribution in [0.3, 0.4) is 0 Å². The van der Waals surface area contributed by atoms with Crippen LogP contribution in [0, 0.1) is 6.92 Å². The first-order valence-corrected chi connectivity index (χ1v) is 10.5. The lowest BCUT2D eigenvalue weighted by atomic mass is 10.1. The molecule has 144 valence electrons. The van der Waals surface area contributed by atoms with Crippen molar-refractivity contribution in [2.75, 3.05) is 13.1 Å². The topological polar surface area (TPSA) is 38.8 Å². The summed E-state index contributed by atoms with van der Waals surface area (Å²) < 4.78 is 13.5. The van der Waals surface area contributed by atoms with Gasteiger partial charge in [-0.15, -0.1) is 0 Å². The standard InChI is InChI=1S/C21H23Br2NO3/c1-13-8-18(22)20(19(23)9-13)26-12-16-4-6-17(7-5-16)21(25)24-10-14(2)27-15(3)11-24/h4-9,14-15H,10-12H2,1-3H3/t14-,15+. The van der Waals surface area contributed by atoms with Crippen LogP contribution in [0.5, 0.6) is 5.75 Å². The van der Waals surface area contributed by atoms with Crippen LogP contribution >= 0.6 is 31.9 Å². The second-order valence-corrected chi connectivity index (χ2v) is 8.72. The van der Waals surface area contributed by atoms with Gasteiger partial charge >= 0.3 is 0 Å². The monoisotopic (exact) mass is 495 g/mol. The van der Waals surface area contributed by atoms with Gasteiger partial charge in [0.2, 0.25) is 0 Å². The van der Waals surface area contributed by atoms with Gasteiger partial charge in [-0.2, -0.15) is 0 Å². The SMILES string of the molecule is Cc1cc(Br)c(OCc2ccc(C(=O)N3C[C@@H](C)O[C@@H](C)C3)cc2)c(Br)c1. The maximum atomic E-state index is 12.7. The van der Waals surface area contributed by atoms with E-state index in [1.54, 1.807) is 0 Å². The molecule has 6 heteroatoms. The van der Waals surface area contributed by atoms with Crippen molar-refractivity contribution in [3.63, 3.8) is 0 Å². The zero-order valence-corrected chi connectivity index (χ0v) is 18.8. The minimum atomic E-state index is 0.0495. The number of benzene rings is 2. The Labute approximate surface area is 177 Å². The van der Waals surface area contributed by atoms with Crippen molar-refractivity contribution in [1.29, 1.82) is 0 Å². The van der Waals surface area contributed by atoms with Gasteiger partial charge in [-0.05, 0) is 88.0 Å². The lowest BCUT2D eigenvalue weighted by Gasteiger charge is -2.35. The Morgan fingerprint density at radius 1 is 1.11 bits per heavy atom. The molecule has 3 rings (SSSR count). The van der Waals surface area contributed by atoms with E-state index in [2.05, 4.69) is 31.9 Å². The fourth-order valence-electron chi connectivity index (χ4n) is 3.25. The van der Waals surface area contributed by atoms with E-state index in [1.165, 1.54) is 0 Å². The molecule has 0 saturated carbocycles. The van der Waals surface area contributed by atoms with Gasteiger partial charge in [-0.25, -0.2) is 0 Å². The molecular formula is C21H23Br2NO3. The van der Waals surface area contributed by atoms with E-state index in [9.17, 15) is 4.79 Å². The number of carbonyl (C=O) groups excluding carboxylic acids is 1. The third kappa shape index (κ3) is 5.12. The average molecular weight is 497 g/mol. The van der Waals surface area contributed by atoms with Crippen molar-refractivity contribution in [2.24, 2.45) is 0 Å². The second-order valence-electron chi connectivity index (χ2n) is 7.01. The fourth-order valence-corrected chi connectivity index (χ4v) is 4.89. The van der Waals surface area contributed by atoms with Gasteiger partial charge in [-0.1, -0.05) is 12.1 Å².